The van der Waals surface area contributed by atoms with Crippen molar-refractivity contribution in [2.75, 3.05) is 12.7 Å². The van der Waals surface area contributed by atoms with E-state index in [9.17, 15) is 4.79 Å². The van der Waals surface area contributed by atoms with Crippen LogP contribution in [0.3, 0.4) is 0 Å². The molecule has 74 valence electrons. The molecule has 0 unspecified atom stereocenters. The molecule has 0 fully saturated rings. The second-order valence-corrected chi connectivity index (χ2v) is 2.89. The summed E-state index contributed by atoms with van der Waals surface area (Å²) in [6.07, 6.45) is 0. The monoisotopic (exact) mass is 214 g/mol. The van der Waals surface area contributed by atoms with Crippen molar-refractivity contribution < 1.29 is 19.0 Å². The minimum Gasteiger partial charge on any atom is -0.454 e. The molecule has 1 aliphatic heterocycles. The van der Waals surface area contributed by atoms with Gasteiger partial charge in [-0.15, -0.1) is 11.6 Å². The van der Waals surface area contributed by atoms with E-state index in [1.54, 1.807) is 18.2 Å². The first kappa shape index (κ1) is 9.15. The van der Waals surface area contributed by atoms with Crippen molar-refractivity contribution in [3.63, 3.8) is 0 Å². The molecule has 0 saturated carbocycles. The van der Waals surface area contributed by atoms with Gasteiger partial charge in [0.1, 0.15) is 11.6 Å². The highest BCUT2D eigenvalue weighted by Crippen LogP contribution is 2.35. The summed E-state index contributed by atoms with van der Waals surface area (Å²) < 4.78 is 15.1. The van der Waals surface area contributed by atoms with Crippen molar-refractivity contribution in [2.45, 2.75) is 0 Å². The Morgan fingerprint density at radius 1 is 1.43 bits per heavy atom. The molecule has 0 atom stereocenters. The number of esters is 1. The van der Waals surface area contributed by atoms with Crippen molar-refractivity contribution in [3.8, 4) is 17.2 Å². The summed E-state index contributed by atoms with van der Waals surface area (Å²) in [5.41, 5.74) is 0. The van der Waals surface area contributed by atoms with Gasteiger partial charge >= 0.3 is 5.97 Å². The van der Waals surface area contributed by atoms with Crippen LogP contribution in [0.1, 0.15) is 0 Å². The first-order valence-corrected chi connectivity index (χ1v) is 4.49. The molecular weight excluding hydrogens is 208 g/mol. The van der Waals surface area contributed by atoms with E-state index in [1.165, 1.54) is 0 Å². The van der Waals surface area contributed by atoms with Gasteiger partial charge in [-0.05, 0) is 12.1 Å². The van der Waals surface area contributed by atoms with Crippen molar-refractivity contribution in [1.29, 1.82) is 0 Å². The summed E-state index contributed by atoms with van der Waals surface area (Å²) in [5, 5.41) is 0. The lowest BCUT2D eigenvalue weighted by Gasteiger charge is -2.02. The zero-order chi connectivity index (χ0) is 9.97. The van der Waals surface area contributed by atoms with Gasteiger partial charge in [-0.3, -0.25) is 4.79 Å². The van der Waals surface area contributed by atoms with Crippen molar-refractivity contribution in [1.82, 2.24) is 0 Å². The third kappa shape index (κ3) is 1.75. The molecule has 0 N–H and O–H groups in total. The molecule has 0 bridgehead atoms. The lowest BCUT2D eigenvalue weighted by molar-refractivity contribution is -0.131. The van der Waals surface area contributed by atoms with Crippen LogP contribution in [0.25, 0.3) is 0 Å². The quantitative estimate of drug-likeness (QED) is 0.426. The second kappa shape index (κ2) is 3.75. The van der Waals surface area contributed by atoms with E-state index in [4.69, 9.17) is 25.8 Å². The maximum absolute atomic E-state index is 10.9. The summed E-state index contributed by atoms with van der Waals surface area (Å²) in [6, 6.07) is 4.89. The first-order chi connectivity index (χ1) is 6.79. The second-order valence-electron chi connectivity index (χ2n) is 2.62. The largest absolute Gasteiger partial charge is 0.454 e. The smallest absolute Gasteiger partial charge is 0.326 e. The van der Waals surface area contributed by atoms with E-state index in [1.807, 2.05) is 0 Å². The first-order valence-electron chi connectivity index (χ1n) is 3.96. The summed E-state index contributed by atoms with van der Waals surface area (Å²) in [7, 11) is 0. The third-order valence-electron chi connectivity index (χ3n) is 1.68. The zero-order valence-electron chi connectivity index (χ0n) is 7.16. The number of carbonyl (C=O) groups excluding carboxylic acids is 1. The Bertz CT molecular complexity index is 364. The fraction of sp³-hybridized carbons (Fsp3) is 0.222. The predicted octanol–water partition coefficient (Wildman–Crippen LogP) is 1.56. The molecule has 0 spiro atoms. The van der Waals surface area contributed by atoms with E-state index in [2.05, 4.69) is 0 Å². The van der Waals surface area contributed by atoms with Crippen LogP contribution in [0.5, 0.6) is 17.2 Å². The van der Waals surface area contributed by atoms with Gasteiger partial charge in [0.15, 0.2) is 11.5 Å². The summed E-state index contributed by atoms with van der Waals surface area (Å²) >= 11 is 5.29. The Morgan fingerprint density at radius 3 is 3.00 bits per heavy atom. The SMILES string of the molecule is O=C(CCl)Oc1ccc2c(c1)OCO2. The Hall–Kier alpha value is -1.42. The van der Waals surface area contributed by atoms with Gasteiger partial charge in [0.05, 0.1) is 0 Å². The molecule has 14 heavy (non-hydrogen) atoms. The molecule has 1 aromatic carbocycles. The molecule has 0 radical (unpaired) electrons. The number of hydrogen-bond donors (Lipinski definition) is 0. The number of alkyl halides is 1. The maximum atomic E-state index is 10.9. The van der Waals surface area contributed by atoms with Gasteiger partial charge in [0, 0.05) is 6.07 Å². The van der Waals surface area contributed by atoms with Gasteiger partial charge < -0.3 is 14.2 Å². The van der Waals surface area contributed by atoms with Gasteiger partial charge in [-0.2, -0.15) is 0 Å². The standard InChI is InChI=1S/C9H7ClO4/c10-4-9(11)14-6-1-2-7-8(3-6)13-5-12-7/h1-3H,4-5H2. The molecular formula is C9H7ClO4. The van der Waals surface area contributed by atoms with Crippen molar-refractivity contribution >= 4 is 17.6 Å². The normalized spacial score (nSPS) is 12.6. The maximum Gasteiger partial charge on any atom is 0.326 e. The van der Waals surface area contributed by atoms with Crippen LogP contribution in [0.4, 0.5) is 0 Å². The molecule has 4 nitrogen and oxygen atoms in total. The van der Waals surface area contributed by atoms with Gasteiger partial charge in [0.25, 0.3) is 0 Å². The Balaban J connectivity index is 2.16. The Labute approximate surface area is 85.3 Å². The summed E-state index contributed by atoms with van der Waals surface area (Å²) in [5.74, 6) is 0.958. The number of carbonyl (C=O) groups is 1. The summed E-state index contributed by atoms with van der Waals surface area (Å²) in [4.78, 5) is 10.9. The highest BCUT2D eigenvalue weighted by atomic mass is 35.5. The van der Waals surface area contributed by atoms with Crippen molar-refractivity contribution in [3.05, 3.63) is 18.2 Å². The molecule has 0 saturated heterocycles. The van der Waals surface area contributed by atoms with Crippen LogP contribution in [0.15, 0.2) is 18.2 Å². The Kier molecular flexibility index (Phi) is 2.45. The molecule has 0 aliphatic carbocycles. The average Bonchev–Trinajstić information content (AvgIpc) is 2.64. The number of rotatable bonds is 2. The van der Waals surface area contributed by atoms with Crippen LogP contribution in [0.2, 0.25) is 0 Å². The van der Waals surface area contributed by atoms with E-state index in [0.717, 1.165) is 0 Å². The van der Waals surface area contributed by atoms with Gasteiger partial charge in [0.2, 0.25) is 6.79 Å². The van der Waals surface area contributed by atoms with Gasteiger partial charge in [-0.25, -0.2) is 0 Å². The van der Waals surface area contributed by atoms with Crippen molar-refractivity contribution in [2.24, 2.45) is 0 Å². The van der Waals surface area contributed by atoms with Crippen LogP contribution in [-0.4, -0.2) is 18.6 Å². The van der Waals surface area contributed by atoms with Crippen LogP contribution >= 0.6 is 11.6 Å². The number of hydrogen-bond acceptors (Lipinski definition) is 4. The molecule has 1 aliphatic rings. The predicted molar refractivity (Wildman–Crippen MR) is 48.9 cm³/mol. The molecule has 2 rings (SSSR count). The van der Waals surface area contributed by atoms with E-state index in [0.29, 0.717) is 17.2 Å². The highest BCUT2D eigenvalue weighted by molar-refractivity contribution is 6.26. The molecule has 1 aromatic rings. The number of benzene rings is 1. The van der Waals surface area contributed by atoms with Crippen LogP contribution < -0.4 is 14.2 Å². The number of fused-ring (bicyclic) bond motifs is 1. The highest BCUT2D eigenvalue weighted by Gasteiger charge is 2.14. The van der Waals surface area contributed by atoms with E-state index < -0.39 is 5.97 Å². The third-order valence-corrected chi connectivity index (χ3v) is 1.90. The molecule has 1 heterocycles. The lowest BCUT2D eigenvalue weighted by atomic mass is 10.3. The number of halogens is 1. The molecule has 0 aromatic heterocycles. The summed E-state index contributed by atoms with van der Waals surface area (Å²) in [6.45, 7) is 0.197. The topological polar surface area (TPSA) is 44.8 Å². The molecule has 5 heteroatoms. The number of ether oxygens (including phenoxy) is 3. The minimum absolute atomic E-state index is 0.172. The minimum atomic E-state index is -0.495. The average molecular weight is 215 g/mol. The fourth-order valence-corrected chi connectivity index (χ4v) is 1.15. The van der Waals surface area contributed by atoms with Crippen LogP contribution in [-0.2, 0) is 4.79 Å². The fourth-order valence-electron chi connectivity index (χ4n) is 1.10. The van der Waals surface area contributed by atoms with E-state index in [-0.39, 0.29) is 12.7 Å². The lowest BCUT2D eigenvalue weighted by Crippen LogP contribution is -2.08. The zero-order valence-corrected chi connectivity index (χ0v) is 7.91. The Morgan fingerprint density at radius 2 is 2.21 bits per heavy atom. The van der Waals surface area contributed by atoms with Crippen LogP contribution in [0, 0.1) is 0 Å². The van der Waals surface area contributed by atoms with Gasteiger partial charge in [-0.1, -0.05) is 0 Å². The van der Waals surface area contributed by atoms with E-state index >= 15 is 0 Å². The molecule has 0 amide bonds.